The van der Waals surface area contributed by atoms with E-state index in [0.717, 1.165) is 60.8 Å². The molecule has 6 nitrogen and oxygen atoms in total. The smallest absolute Gasteiger partial charge is 0.238 e. The van der Waals surface area contributed by atoms with Crippen LogP contribution < -0.4 is 0 Å². The Morgan fingerprint density at radius 3 is 1.73 bits per heavy atom. The quantitative estimate of drug-likeness (QED) is 0.176. The lowest BCUT2D eigenvalue weighted by atomic mass is 9.99. The Balaban J connectivity index is 1.22. The zero-order valence-electron chi connectivity index (χ0n) is 27.9. The van der Waals surface area contributed by atoms with Crippen molar-refractivity contribution >= 4 is 32.9 Å². The van der Waals surface area contributed by atoms with E-state index in [1.54, 1.807) is 0 Å². The fourth-order valence-electron chi connectivity index (χ4n) is 7.08. The first kappa shape index (κ1) is 29.7. The van der Waals surface area contributed by atoms with Gasteiger partial charge in [-0.05, 0) is 58.7 Å². The molecule has 10 rings (SSSR count). The molecule has 3 aromatic heterocycles. The molecule has 0 bridgehead atoms. The van der Waals surface area contributed by atoms with Crippen molar-refractivity contribution in [1.29, 1.82) is 0 Å². The van der Waals surface area contributed by atoms with Crippen LogP contribution in [0.15, 0.2) is 180 Å². The molecular formula is C46H29N5O. The zero-order valence-corrected chi connectivity index (χ0v) is 27.9. The van der Waals surface area contributed by atoms with Crippen molar-refractivity contribution in [3.8, 4) is 62.4 Å². The van der Waals surface area contributed by atoms with Crippen molar-refractivity contribution in [2.75, 3.05) is 0 Å². The number of hydrogen-bond acceptors (Lipinski definition) is 5. The number of nitrogens with zero attached hydrogens (tertiary/aromatic N) is 5. The second kappa shape index (κ2) is 12.3. The molecule has 0 spiro atoms. The first-order chi connectivity index (χ1) is 25.8. The van der Waals surface area contributed by atoms with Crippen LogP contribution in [0, 0.1) is 0 Å². The van der Waals surface area contributed by atoms with E-state index in [1.165, 1.54) is 0 Å². The minimum absolute atomic E-state index is 0.510. The molecule has 244 valence electrons. The topological polar surface area (TPSA) is 69.6 Å². The predicted molar refractivity (Wildman–Crippen MR) is 209 cm³/mol. The van der Waals surface area contributed by atoms with E-state index >= 15 is 0 Å². The number of aromatic nitrogens is 5. The monoisotopic (exact) mass is 667 g/mol. The molecular weight excluding hydrogens is 639 g/mol. The predicted octanol–water partition coefficient (Wildman–Crippen LogP) is 11.4. The maximum absolute atomic E-state index is 6.27. The number of hydrogen-bond donors (Lipinski definition) is 0. The summed E-state index contributed by atoms with van der Waals surface area (Å²) in [6.07, 6.45) is 0. The van der Waals surface area contributed by atoms with Crippen LogP contribution in [0.5, 0.6) is 0 Å². The van der Waals surface area contributed by atoms with E-state index in [4.69, 9.17) is 24.4 Å². The van der Waals surface area contributed by atoms with Crippen molar-refractivity contribution in [3.63, 3.8) is 0 Å². The average molecular weight is 668 g/mol. The van der Waals surface area contributed by atoms with Gasteiger partial charge in [-0.3, -0.25) is 4.57 Å². The lowest BCUT2D eigenvalue weighted by Gasteiger charge is -2.12. The van der Waals surface area contributed by atoms with E-state index in [-0.39, 0.29) is 0 Å². The largest absolute Gasteiger partial charge is 0.436 e. The summed E-state index contributed by atoms with van der Waals surface area (Å²) in [6.45, 7) is 0. The summed E-state index contributed by atoms with van der Waals surface area (Å²) in [7, 11) is 0. The third-order valence-corrected chi connectivity index (χ3v) is 9.54. The number of para-hydroxylation sites is 2. The highest BCUT2D eigenvalue weighted by molar-refractivity contribution is 6.15. The van der Waals surface area contributed by atoms with Crippen LogP contribution in [0.25, 0.3) is 95.3 Å². The van der Waals surface area contributed by atoms with Crippen LogP contribution in [0.4, 0.5) is 0 Å². The number of rotatable bonds is 6. The highest BCUT2D eigenvalue weighted by atomic mass is 16.3. The molecule has 0 fully saturated rings. The Hall–Kier alpha value is -7.18. The number of fused-ring (bicyclic) bond motifs is 4. The van der Waals surface area contributed by atoms with Crippen LogP contribution in [0.3, 0.4) is 0 Å². The van der Waals surface area contributed by atoms with Gasteiger partial charge in [-0.2, -0.15) is 9.97 Å². The van der Waals surface area contributed by atoms with Crippen LogP contribution in [0.2, 0.25) is 0 Å². The van der Waals surface area contributed by atoms with Gasteiger partial charge in [0.2, 0.25) is 11.8 Å². The summed E-state index contributed by atoms with van der Waals surface area (Å²) in [6, 6.07) is 60.0. The first-order valence-electron chi connectivity index (χ1n) is 17.2. The Bertz CT molecular complexity index is 2880. The number of benzene rings is 7. The lowest BCUT2D eigenvalue weighted by Crippen LogP contribution is -2.06. The Morgan fingerprint density at radius 2 is 0.962 bits per heavy atom. The van der Waals surface area contributed by atoms with Crippen molar-refractivity contribution in [3.05, 3.63) is 176 Å². The second-order valence-corrected chi connectivity index (χ2v) is 12.7. The zero-order chi connectivity index (χ0) is 34.4. The van der Waals surface area contributed by atoms with Crippen LogP contribution >= 0.6 is 0 Å². The maximum Gasteiger partial charge on any atom is 0.238 e. The van der Waals surface area contributed by atoms with E-state index in [0.29, 0.717) is 34.6 Å². The van der Waals surface area contributed by atoms with E-state index in [9.17, 15) is 0 Å². The minimum Gasteiger partial charge on any atom is -0.436 e. The highest BCUT2D eigenvalue weighted by Crippen LogP contribution is 2.39. The van der Waals surface area contributed by atoms with Gasteiger partial charge >= 0.3 is 0 Å². The SMILES string of the molecule is c1ccc(-c2ccc(-c3nc(-c4cccc5oc(-c6ccccc6)nc45)nc(-n4c5ccccc5c5c(-c6ccccc6)cccc54)n3)cc2)cc1. The van der Waals surface area contributed by atoms with Gasteiger partial charge in [0.05, 0.1) is 11.0 Å². The van der Waals surface area contributed by atoms with Gasteiger partial charge in [0.25, 0.3) is 0 Å². The molecule has 0 unspecified atom stereocenters. The summed E-state index contributed by atoms with van der Waals surface area (Å²) in [5.74, 6) is 2.14. The van der Waals surface area contributed by atoms with Gasteiger partial charge < -0.3 is 4.42 Å². The van der Waals surface area contributed by atoms with E-state index in [2.05, 4.69) is 120 Å². The molecule has 0 atom stereocenters. The summed E-state index contributed by atoms with van der Waals surface area (Å²) >= 11 is 0. The fraction of sp³-hybridized carbons (Fsp3) is 0. The van der Waals surface area contributed by atoms with E-state index in [1.807, 2.05) is 60.7 Å². The molecule has 3 heterocycles. The first-order valence-corrected chi connectivity index (χ1v) is 17.2. The van der Waals surface area contributed by atoms with Gasteiger partial charge in [0.1, 0.15) is 5.52 Å². The molecule has 0 radical (unpaired) electrons. The van der Waals surface area contributed by atoms with Gasteiger partial charge in [-0.1, -0.05) is 140 Å². The molecule has 0 aliphatic rings. The highest BCUT2D eigenvalue weighted by Gasteiger charge is 2.21. The Labute approximate surface area is 299 Å². The van der Waals surface area contributed by atoms with Gasteiger partial charge in [-0.25, -0.2) is 9.97 Å². The van der Waals surface area contributed by atoms with Gasteiger partial charge in [0, 0.05) is 27.5 Å². The van der Waals surface area contributed by atoms with Crippen molar-refractivity contribution in [1.82, 2.24) is 24.5 Å². The van der Waals surface area contributed by atoms with Crippen LogP contribution in [0.1, 0.15) is 0 Å². The molecule has 7 aromatic carbocycles. The third kappa shape index (κ3) is 5.05. The fourth-order valence-corrected chi connectivity index (χ4v) is 7.08. The third-order valence-electron chi connectivity index (χ3n) is 9.54. The summed E-state index contributed by atoms with van der Waals surface area (Å²) in [4.78, 5) is 20.5. The average Bonchev–Trinajstić information content (AvgIpc) is 3.82. The minimum atomic E-state index is 0.510. The summed E-state index contributed by atoms with van der Waals surface area (Å²) < 4.78 is 8.43. The van der Waals surface area contributed by atoms with Crippen LogP contribution in [-0.4, -0.2) is 24.5 Å². The molecule has 0 saturated carbocycles. The second-order valence-electron chi connectivity index (χ2n) is 12.7. The molecule has 0 amide bonds. The standard InChI is InChI=1S/C46H29N5O/c1-4-14-30(15-5-1)31-26-28-33(29-27-31)43-48-44(37-22-13-25-40-42(37)47-45(52-40)34-18-8-3-9-19-34)50-46(49-43)51-38-23-11-10-20-36(38)41-35(21-12-24-39(41)51)32-16-6-2-7-17-32/h1-29H. The molecule has 10 aromatic rings. The molecule has 0 aliphatic carbocycles. The van der Waals surface area contributed by atoms with Crippen molar-refractivity contribution in [2.45, 2.75) is 0 Å². The van der Waals surface area contributed by atoms with Crippen molar-refractivity contribution in [2.24, 2.45) is 0 Å². The number of oxazole rings is 1. The molecule has 6 heteroatoms. The van der Waals surface area contributed by atoms with Crippen LogP contribution in [-0.2, 0) is 0 Å². The van der Waals surface area contributed by atoms with Gasteiger partial charge in [-0.15, -0.1) is 0 Å². The molecule has 0 saturated heterocycles. The molecule has 0 N–H and O–H groups in total. The summed E-state index contributed by atoms with van der Waals surface area (Å²) in [5, 5.41) is 2.27. The molecule has 0 aliphatic heterocycles. The Morgan fingerprint density at radius 1 is 0.385 bits per heavy atom. The molecule has 52 heavy (non-hydrogen) atoms. The lowest BCUT2D eigenvalue weighted by molar-refractivity contribution is 0.620. The van der Waals surface area contributed by atoms with Gasteiger partial charge in [0.15, 0.2) is 17.2 Å². The Kier molecular flexibility index (Phi) is 7.03. The normalized spacial score (nSPS) is 11.5. The maximum atomic E-state index is 6.27. The van der Waals surface area contributed by atoms with E-state index < -0.39 is 0 Å². The van der Waals surface area contributed by atoms with Crippen molar-refractivity contribution < 1.29 is 4.42 Å². The summed E-state index contributed by atoms with van der Waals surface area (Å²) in [5.41, 5.74) is 10.5.